The number of ether oxygens (including phenoxy) is 1. The minimum atomic E-state index is -0.870. The fourth-order valence-electron chi connectivity index (χ4n) is 1.56. The van der Waals surface area contributed by atoms with Gasteiger partial charge in [-0.3, -0.25) is 9.53 Å². The van der Waals surface area contributed by atoms with Crippen LogP contribution in [0, 0.1) is 0 Å². The van der Waals surface area contributed by atoms with E-state index in [-0.39, 0.29) is 5.97 Å². The van der Waals surface area contributed by atoms with E-state index in [9.17, 15) is 9.00 Å². The molecule has 0 amide bonds. The quantitative estimate of drug-likeness (QED) is 0.757. The number of carbonyl (C=O) groups is 1. The summed E-state index contributed by atoms with van der Waals surface area (Å²) >= 11 is 0. The fourth-order valence-corrected chi connectivity index (χ4v) is 1.96. The van der Waals surface area contributed by atoms with Gasteiger partial charge in [-0.1, -0.05) is 30.3 Å². The van der Waals surface area contributed by atoms with Crippen LogP contribution in [0.2, 0.25) is 0 Å². The molecule has 0 aliphatic carbocycles. The third kappa shape index (κ3) is 4.98. The van der Waals surface area contributed by atoms with Gasteiger partial charge in [0, 0.05) is 29.4 Å². The lowest BCUT2D eigenvalue weighted by Gasteiger charge is -2.17. The van der Waals surface area contributed by atoms with Gasteiger partial charge in [-0.15, -0.1) is 0 Å². The third-order valence-electron chi connectivity index (χ3n) is 2.39. The Bertz CT molecular complexity index is 394. The molecule has 1 N–H and O–H groups in total. The van der Waals surface area contributed by atoms with Crippen molar-refractivity contribution in [3.8, 4) is 0 Å². The molecule has 1 aromatic carbocycles. The number of benzene rings is 1. The normalized spacial score (nSPS) is 13.9. The SMILES string of the molecule is CCOC(=O)C(NCCS(C)=O)c1ccccc1. The summed E-state index contributed by atoms with van der Waals surface area (Å²) in [5, 5.41) is 3.08. The Morgan fingerprint density at radius 2 is 2.06 bits per heavy atom. The summed E-state index contributed by atoms with van der Waals surface area (Å²) < 4.78 is 16.1. The first-order valence-electron chi connectivity index (χ1n) is 5.90. The maximum absolute atomic E-state index is 11.9. The van der Waals surface area contributed by atoms with Crippen molar-refractivity contribution >= 4 is 16.8 Å². The first-order valence-corrected chi connectivity index (χ1v) is 7.63. The molecule has 4 nitrogen and oxygen atoms in total. The van der Waals surface area contributed by atoms with Gasteiger partial charge in [0.15, 0.2) is 0 Å². The highest BCUT2D eigenvalue weighted by Gasteiger charge is 2.20. The van der Waals surface area contributed by atoms with Crippen molar-refractivity contribution in [1.82, 2.24) is 5.32 Å². The lowest BCUT2D eigenvalue weighted by Crippen LogP contribution is -2.32. The van der Waals surface area contributed by atoms with Crippen LogP contribution in [-0.2, 0) is 20.3 Å². The van der Waals surface area contributed by atoms with Crippen LogP contribution in [0.3, 0.4) is 0 Å². The second-order valence-electron chi connectivity index (χ2n) is 3.83. The molecule has 0 bridgehead atoms. The largest absolute Gasteiger partial charge is 0.465 e. The summed E-state index contributed by atoms with van der Waals surface area (Å²) in [7, 11) is -0.870. The van der Waals surface area contributed by atoms with E-state index in [1.54, 1.807) is 13.2 Å². The van der Waals surface area contributed by atoms with Crippen molar-refractivity contribution in [2.24, 2.45) is 0 Å². The molecule has 0 aromatic heterocycles. The predicted octanol–water partition coefficient (Wildman–Crippen LogP) is 1.26. The zero-order valence-corrected chi connectivity index (χ0v) is 11.5. The van der Waals surface area contributed by atoms with Gasteiger partial charge >= 0.3 is 5.97 Å². The molecule has 0 radical (unpaired) electrons. The summed E-state index contributed by atoms with van der Waals surface area (Å²) in [6.07, 6.45) is 1.64. The van der Waals surface area contributed by atoms with Crippen LogP contribution in [0.1, 0.15) is 18.5 Å². The first kappa shape index (κ1) is 14.9. The number of hydrogen-bond acceptors (Lipinski definition) is 4. The second-order valence-corrected chi connectivity index (χ2v) is 5.38. The molecule has 18 heavy (non-hydrogen) atoms. The van der Waals surface area contributed by atoms with Crippen molar-refractivity contribution in [2.75, 3.05) is 25.2 Å². The first-order chi connectivity index (χ1) is 8.65. The zero-order chi connectivity index (χ0) is 13.4. The Morgan fingerprint density at radius 3 is 2.61 bits per heavy atom. The predicted molar refractivity (Wildman–Crippen MR) is 72.8 cm³/mol. The summed E-state index contributed by atoms with van der Waals surface area (Å²) in [4.78, 5) is 11.9. The molecule has 0 saturated carbocycles. The van der Waals surface area contributed by atoms with Crippen LogP contribution in [0.25, 0.3) is 0 Å². The molecular weight excluding hydrogens is 250 g/mol. The Hall–Kier alpha value is -1.20. The van der Waals surface area contributed by atoms with Crippen LogP contribution >= 0.6 is 0 Å². The molecule has 1 aromatic rings. The molecule has 0 aliphatic rings. The average Bonchev–Trinajstić information content (AvgIpc) is 2.35. The van der Waals surface area contributed by atoms with Crippen molar-refractivity contribution in [3.05, 3.63) is 35.9 Å². The maximum atomic E-state index is 11.9. The van der Waals surface area contributed by atoms with Gasteiger partial charge in [0.05, 0.1) is 6.61 Å². The number of carbonyl (C=O) groups excluding carboxylic acids is 1. The summed E-state index contributed by atoms with van der Waals surface area (Å²) in [6, 6.07) is 8.90. The Balaban J connectivity index is 2.69. The fraction of sp³-hybridized carbons (Fsp3) is 0.462. The van der Waals surface area contributed by atoms with Gasteiger partial charge < -0.3 is 4.74 Å². The number of nitrogens with one attached hydrogen (secondary N) is 1. The molecule has 1 rings (SSSR count). The Kier molecular flexibility index (Phi) is 6.60. The van der Waals surface area contributed by atoms with Gasteiger partial charge in [0.2, 0.25) is 0 Å². The van der Waals surface area contributed by atoms with Gasteiger partial charge in [0.1, 0.15) is 6.04 Å². The van der Waals surface area contributed by atoms with Gasteiger partial charge in [-0.25, -0.2) is 4.79 Å². The van der Waals surface area contributed by atoms with Crippen molar-refractivity contribution < 1.29 is 13.7 Å². The second kappa shape index (κ2) is 8.00. The lowest BCUT2D eigenvalue weighted by atomic mass is 10.1. The molecule has 5 heteroatoms. The van der Waals surface area contributed by atoms with Crippen LogP contribution in [0.5, 0.6) is 0 Å². The smallest absolute Gasteiger partial charge is 0.327 e. The molecule has 2 unspecified atom stereocenters. The maximum Gasteiger partial charge on any atom is 0.327 e. The van der Waals surface area contributed by atoms with Crippen LogP contribution in [0.4, 0.5) is 0 Å². The Labute approximate surface area is 110 Å². The van der Waals surface area contributed by atoms with Gasteiger partial charge in [-0.05, 0) is 12.5 Å². The highest BCUT2D eigenvalue weighted by Crippen LogP contribution is 2.14. The molecule has 2 atom stereocenters. The minimum absolute atomic E-state index is 0.300. The molecule has 0 fully saturated rings. The molecule has 0 aliphatic heterocycles. The highest BCUT2D eigenvalue weighted by molar-refractivity contribution is 7.84. The van der Waals surface area contributed by atoms with E-state index in [1.807, 2.05) is 30.3 Å². The summed E-state index contributed by atoms with van der Waals surface area (Å²) in [5.41, 5.74) is 0.859. The van der Waals surface area contributed by atoms with Crippen LogP contribution in [0.15, 0.2) is 30.3 Å². The van der Waals surface area contributed by atoms with E-state index in [4.69, 9.17) is 4.74 Å². The topological polar surface area (TPSA) is 55.4 Å². The third-order valence-corrected chi connectivity index (χ3v) is 3.17. The zero-order valence-electron chi connectivity index (χ0n) is 10.7. The molecule has 0 saturated heterocycles. The standard InChI is InChI=1S/C13H19NO3S/c1-3-17-13(15)12(14-9-10-18(2)16)11-7-5-4-6-8-11/h4-8,12,14H,3,9-10H2,1-2H3. The molecular formula is C13H19NO3S. The molecule has 100 valence electrons. The lowest BCUT2D eigenvalue weighted by molar-refractivity contribution is -0.145. The van der Waals surface area contributed by atoms with E-state index >= 15 is 0 Å². The van der Waals surface area contributed by atoms with E-state index in [1.165, 1.54) is 0 Å². The Morgan fingerprint density at radius 1 is 1.39 bits per heavy atom. The van der Waals surface area contributed by atoms with Crippen molar-refractivity contribution in [1.29, 1.82) is 0 Å². The summed E-state index contributed by atoms with van der Waals surface area (Å²) in [6.45, 7) is 2.64. The number of rotatable bonds is 7. The highest BCUT2D eigenvalue weighted by atomic mass is 32.2. The van der Waals surface area contributed by atoms with Crippen molar-refractivity contribution in [2.45, 2.75) is 13.0 Å². The van der Waals surface area contributed by atoms with E-state index < -0.39 is 16.8 Å². The molecule has 0 spiro atoms. The van der Waals surface area contributed by atoms with Gasteiger partial charge in [-0.2, -0.15) is 0 Å². The average molecular weight is 269 g/mol. The number of esters is 1. The monoisotopic (exact) mass is 269 g/mol. The van der Waals surface area contributed by atoms with E-state index in [0.29, 0.717) is 18.9 Å². The van der Waals surface area contributed by atoms with Gasteiger partial charge in [0.25, 0.3) is 0 Å². The number of hydrogen-bond donors (Lipinski definition) is 1. The summed E-state index contributed by atoms with van der Waals surface area (Å²) in [5.74, 6) is 0.216. The van der Waals surface area contributed by atoms with Crippen LogP contribution in [-0.4, -0.2) is 35.3 Å². The minimum Gasteiger partial charge on any atom is -0.465 e. The van der Waals surface area contributed by atoms with E-state index in [0.717, 1.165) is 5.56 Å². The van der Waals surface area contributed by atoms with Crippen LogP contribution < -0.4 is 5.32 Å². The molecule has 0 heterocycles. The van der Waals surface area contributed by atoms with Crippen molar-refractivity contribution in [3.63, 3.8) is 0 Å². The van der Waals surface area contributed by atoms with E-state index in [2.05, 4.69) is 5.32 Å².